The molecule has 0 radical (unpaired) electrons. The van der Waals surface area contributed by atoms with Gasteiger partial charge >= 0.3 is 5.97 Å². The van der Waals surface area contributed by atoms with E-state index < -0.39 is 5.97 Å². The topological polar surface area (TPSA) is 75.4 Å². The van der Waals surface area contributed by atoms with Crippen LogP contribution in [0.3, 0.4) is 0 Å². The van der Waals surface area contributed by atoms with E-state index in [1.807, 2.05) is 48.5 Å². The minimum absolute atomic E-state index is 0.305. The van der Waals surface area contributed by atoms with E-state index >= 15 is 0 Å². The van der Waals surface area contributed by atoms with Crippen molar-refractivity contribution in [2.24, 2.45) is 0 Å². The van der Waals surface area contributed by atoms with Crippen LogP contribution in [0, 0.1) is 0 Å². The summed E-state index contributed by atoms with van der Waals surface area (Å²) in [5, 5.41) is 7.47. The molecular formula is C19H19N3O3S. The molecule has 134 valence electrons. The number of ether oxygens (including phenoxy) is 2. The predicted octanol–water partition coefficient (Wildman–Crippen LogP) is 3.45. The average Bonchev–Trinajstić information content (AvgIpc) is 3.04. The van der Waals surface area contributed by atoms with Gasteiger partial charge in [-0.15, -0.1) is 0 Å². The van der Waals surface area contributed by atoms with Crippen molar-refractivity contribution < 1.29 is 14.3 Å². The molecule has 0 aliphatic rings. The van der Waals surface area contributed by atoms with Crippen molar-refractivity contribution in [3.63, 3.8) is 0 Å². The summed E-state index contributed by atoms with van der Waals surface area (Å²) in [5.41, 5.74) is 2.73. The number of carbonyl (C=O) groups excluding carboxylic acids is 1. The maximum absolute atomic E-state index is 12.1. The molecule has 2 aromatic carbocycles. The number of aromatic nitrogens is 1. The molecule has 1 aromatic heterocycles. The molecule has 1 heterocycles. The molecule has 7 heteroatoms. The largest absolute Gasteiger partial charge is 0.497 e. The number of carbonyl (C=O) groups is 1. The maximum atomic E-state index is 12.1. The van der Waals surface area contributed by atoms with Gasteiger partial charge in [0, 0.05) is 18.0 Å². The summed E-state index contributed by atoms with van der Waals surface area (Å²) in [6.45, 7) is 0.580. The molecule has 0 unspecified atom stereocenters. The first-order chi connectivity index (χ1) is 12.6. The molecule has 6 nitrogen and oxygen atoms in total. The minimum Gasteiger partial charge on any atom is -0.497 e. The van der Waals surface area contributed by atoms with Crippen molar-refractivity contribution in [3.05, 3.63) is 59.8 Å². The highest BCUT2D eigenvalue weighted by molar-refractivity contribution is 7.80. The van der Waals surface area contributed by atoms with Gasteiger partial charge in [-0.3, -0.25) is 0 Å². The van der Waals surface area contributed by atoms with Gasteiger partial charge in [-0.25, -0.2) is 4.79 Å². The van der Waals surface area contributed by atoms with Crippen LogP contribution in [-0.2, 0) is 11.3 Å². The summed E-state index contributed by atoms with van der Waals surface area (Å²) in [4.78, 5) is 15.2. The molecule has 0 amide bonds. The Bertz CT molecular complexity index is 938. The highest BCUT2D eigenvalue weighted by Crippen LogP contribution is 2.31. The van der Waals surface area contributed by atoms with Gasteiger partial charge in [-0.05, 0) is 29.9 Å². The van der Waals surface area contributed by atoms with Crippen molar-refractivity contribution in [3.8, 4) is 5.75 Å². The van der Waals surface area contributed by atoms with Crippen LogP contribution in [0.5, 0.6) is 5.75 Å². The molecule has 0 aliphatic heterocycles. The predicted molar refractivity (Wildman–Crippen MR) is 106 cm³/mol. The van der Waals surface area contributed by atoms with E-state index in [-0.39, 0.29) is 0 Å². The molecule has 26 heavy (non-hydrogen) atoms. The van der Waals surface area contributed by atoms with Crippen LogP contribution in [0.25, 0.3) is 10.9 Å². The molecule has 0 bridgehead atoms. The highest BCUT2D eigenvalue weighted by Gasteiger charge is 2.19. The van der Waals surface area contributed by atoms with Gasteiger partial charge in [0.25, 0.3) is 0 Å². The third-order valence-electron chi connectivity index (χ3n) is 3.93. The quantitative estimate of drug-likeness (QED) is 0.472. The van der Waals surface area contributed by atoms with Crippen LogP contribution in [0.2, 0.25) is 0 Å². The number of aromatic amines is 1. The lowest BCUT2D eigenvalue weighted by atomic mass is 10.2. The molecule has 0 atom stereocenters. The first kappa shape index (κ1) is 17.8. The summed E-state index contributed by atoms with van der Waals surface area (Å²) in [6.07, 6.45) is 0. The van der Waals surface area contributed by atoms with E-state index in [9.17, 15) is 4.79 Å². The third-order valence-corrected chi connectivity index (χ3v) is 4.18. The lowest BCUT2D eigenvalue weighted by Gasteiger charge is -2.11. The Morgan fingerprint density at radius 2 is 1.92 bits per heavy atom. The fraction of sp³-hybridized carbons (Fsp3) is 0.158. The number of benzene rings is 2. The standard InChI is InChI=1S/C19H19N3O3S/c1-24-13-8-9-14-15(10-13)21-17(18(23)25-2)16(14)22-19(26)20-11-12-6-4-3-5-7-12/h3-10,21H,11H2,1-2H3,(H2,20,22,26). The highest BCUT2D eigenvalue weighted by atomic mass is 32.1. The van der Waals surface area contributed by atoms with Crippen molar-refractivity contribution >= 4 is 39.9 Å². The number of methoxy groups -OCH3 is 2. The zero-order valence-corrected chi connectivity index (χ0v) is 15.3. The first-order valence-electron chi connectivity index (χ1n) is 7.99. The van der Waals surface area contributed by atoms with Gasteiger partial charge in [0.2, 0.25) is 0 Å². The Morgan fingerprint density at radius 3 is 2.62 bits per heavy atom. The van der Waals surface area contributed by atoms with Crippen LogP contribution in [0.4, 0.5) is 5.69 Å². The Kier molecular flexibility index (Phi) is 5.38. The second kappa shape index (κ2) is 7.88. The van der Waals surface area contributed by atoms with E-state index in [1.165, 1.54) is 7.11 Å². The Labute approximate surface area is 156 Å². The first-order valence-corrected chi connectivity index (χ1v) is 8.40. The maximum Gasteiger partial charge on any atom is 0.356 e. The fourth-order valence-corrected chi connectivity index (χ4v) is 2.80. The van der Waals surface area contributed by atoms with E-state index in [4.69, 9.17) is 21.7 Å². The van der Waals surface area contributed by atoms with Gasteiger partial charge in [0.15, 0.2) is 5.11 Å². The van der Waals surface area contributed by atoms with E-state index in [0.29, 0.717) is 28.8 Å². The molecule has 0 aliphatic carbocycles. The molecule has 3 N–H and O–H groups in total. The molecule has 0 fully saturated rings. The summed E-state index contributed by atoms with van der Waals surface area (Å²) in [7, 11) is 2.93. The van der Waals surface area contributed by atoms with Crippen molar-refractivity contribution in [2.45, 2.75) is 6.54 Å². The van der Waals surface area contributed by atoms with E-state index in [2.05, 4.69) is 15.6 Å². The fourth-order valence-electron chi connectivity index (χ4n) is 2.62. The summed E-state index contributed by atoms with van der Waals surface area (Å²) >= 11 is 5.38. The average molecular weight is 369 g/mol. The number of fused-ring (bicyclic) bond motifs is 1. The van der Waals surface area contributed by atoms with Gasteiger partial charge in [0.1, 0.15) is 11.4 Å². The third kappa shape index (κ3) is 3.78. The van der Waals surface area contributed by atoms with Crippen molar-refractivity contribution in [2.75, 3.05) is 19.5 Å². The van der Waals surface area contributed by atoms with Gasteiger partial charge in [-0.1, -0.05) is 30.3 Å². The zero-order valence-electron chi connectivity index (χ0n) is 14.5. The van der Waals surface area contributed by atoms with Gasteiger partial charge in [0.05, 0.1) is 25.4 Å². The summed E-state index contributed by atoms with van der Waals surface area (Å²) < 4.78 is 10.1. The van der Waals surface area contributed by atoms with Crippen LogP contribution < -0.4 is 15.4 Å². The number of nitrogens with one attached hydrogen (secondary N) is 3. The van der Waals surface area contributed by atoms with Crippen LogP contribution in [0.15, 0.2) is 48.5 Å². The number of rotatable bonds is 5. The van der Waals surface area contributed by atoms with Crippen molar-refractivity contribution in [1.82, 2.24) is 10.3 Å². The Hall–Kier alpha value is -3.06. The monoisotopic (exact) mass is 369 g/mol. The normalized spacial score (nSPS) is 10.4. The van der Waals surface area contributed by atoms with Crippen LogP contribution in [0.1, 0.15) is 16.1 Å². The number of H-pyrrole nitrogens is 1. The second-order valence-electron chi connectivity index (χ2n) is 5.57. The number of hydrogen-bond donors (Lipinski definition) is 3. The number of anilines is 1. The minimum atomic E-state index is -0.478. The van der Waals surface area contributed by atoms with Crippen LogP contribution in [-0.4, -0.2) is 30.3 Å². The molecule has 0 spiro atoms. The molecular weight excluding hydrogens is 350 g/mol. The van der Waals surface area contributed by atoms with Gasteiger partial charge < -0.3 is 25.1 Å². The smallest absolute Gasteiger partial charge is 0.356 e. The van der Waals surface area contributed by atoms with E-state index in [0.717, 1.165) is 16.5 Å². The zero-order chi connectivity index (χ0) is 18.5. The molecule has 3 rings (SSSR count). The number of hydrogen-bond acceptors (Lipinski definition) is 4. The molecule has 0 saturated heterocycles. The Balaban J connectivity index is 1.85. The summed E-state index contributed by atoms with van der Waals surface area (Å²) in [6, 6.07) is 15.4. The number of esters is 1. The summed E-state index contributed by atoms with van der Waals surface area (Å²) in [5.74, 6) is 0.208. The lowest BCUT2D eigenvalue weighted by Crippen LogP contribution is -2.28. The van der Waals surface area contributed by atoms with Crippen molar-refractivity contribution in [1.29, 1.82) is 0 Å². The number of thiocarbonyl (C=S) groups is 1. The lowest BCUT2D eigenvalue weighted by molar-refractivity contribution is 0.0596. The van der Waals surface area contributed by atoms with Gasteiger partial charge in [-0.2, -0.15) is 0 Å². The van der Waals surface area contributed by atoms with Crippen LogP contribution >= 0.6 is 12.2 Å². The SMILES string of the molecule is COC(=O)c1[nH]c2cc(OC)ccc2c1NC(=S)NCc1ccccc1. The van der Waals surface area contributed by atoms with E-state index in [1.54, 1.807) is 7.11 Å². The molecule has 3 aromatic rings. The second-order valence-corrected chi connectivity index (χ2v) is 5.98. The molecule has 0 saturated carbocycles. The Morgan fingerprint density at radius 1 is 1.15 bits per heavy atom.